The van der Waals surface area contributed by atoms with E-state index in [2.05, 4.69) is 20.3 Å². The van der Waals surface area contributed by atoms with Gasteiger partial charge >= 0.3 is 0 Å². The number of benzene rings is 2. The Morgan fingerprint density at radius 2 is 2.04 bits per heavy atom. The first-order valence-electron chi connectivity index (χ1n) is 8.17. The van der Waals surface area contributed by atoms with Crippen LogP contribution in [0.25, 0.3) is 21.9 Å². The fraction of sp³-hybridized carbons (Fsp3) is 0.158. The Morgan fingerprint density at radius 1 is 1.15 bits per heavy atom. The molecule has 0 aliphatic rings. The van der Waals surface area contributed by atoms with E-state index in [1.807, 2.05) is 30.3 Å². The number of carbonyl (C=O) groups is 1. The number of hydrogen-bond acceptors (Lipinski definition) is 3. The molecule has 4 rings (SSSR count). The second-order valence-corrected chi connectivity index (χ2v) is 6.48. The number of imidazole rings is 1. The number of aromatic amines is 2. The SMILES string of the molecule is COc1ccc2[nH]c(CNC(=O)Cc3nc4ccc(Cl)cc4[nH]3)cc2c1. The van der Waals surface area contributed by atoms with E-state index in [0.29, 0.717) is 17.4 Å². The standard InChI is InChI=1S/C19H17ClN4O2/c1-26-14-3-5-15-11(7-14)6-13(22-15)10-21-19(25)9-18-23-16-4-2-12(20)8-17(16)24-18/h2-8,22H,9-10H2,1H3,(H,21,25)(H,23,24). The lowest BCUT2D eigenvalue weighted by molar-refractivity contribution is -0.120. The summed E-state index contributed by atoms with van der Waals surface area (Å²) in [6, 6.07) is 13.2. The first-order valence-corrected chi connectivity index (χ1v) is 8.55. The highest BCUT2D eigenvalue weighted by molar-refractivity contribution is 6.31. The summed E-state index contributed by atoms with van der Waals surface area (Å²) < 4.78 is 5.23. The van der Waals surface area contributed by atoms with Crippen molar-refractivity contribution in [2.24, 2.45) is 0 Å². The number of H-pyrrole nitrogens is 2. The van der Waals surface area contributed by atoms with Gasteiger partial charge in [-0.25, -0.2) is 4.98 Å². The van der Waals surface area contributed by atoms with Crippen molar-refractivity contribution in [3.8, 4) is 5.75 Å². The van der Waals surface area contributed by atoms with Gasteiger partial charge in [-0.15, -0.1) is 0 Å². The van der Waals surface area contributed by atoms with Crippen molar-refractivity contribution < 1.29 is 9.53 Å². The van der Waals surface area contributed by atoms with Gasteiger partial charge in [-0.1, -0.05) is 11.6 Å². The van der Waals surface area contributed by atoms with Gasteiger partial charge < -0.3 is 20.0 Å². The van der Waals surface area contributed by atoms with E-state index >= 15 is 0 Å². The molecule has 1 amide bonds. The average Bonchev–Trinajstić information content (AvgIpc) is 3.21. The first-order chi connectivity index (χ1) is 12.6. The molecule has 0 bridgehead atoms. The number of hydrogen-bond donors (Lipinski definition) is 3. The summed E-state index contributed by atoms with van der Waals surface area (Å²) in [7, 11) is 1.64. The zero-order valence-corrected chi connectivity index (χ0v) is 14.9. The normalized spacial score (nSPS) is 11.2. The molecule has 7 heteroatoms. The van der Waals surface area contributed by atoms with Crippen LogP contribution in [0.2, 0.25) is 5.02 Å². The molecule has 0 radical (unpaired) electrons. The highest BCUT2D eigenvalue weighted by atomic mass is 35.5. The van der Waals surface area contributed by atoms with Crippen LogP contribution in [0.15, 0.2) is 42.5 Å². The Hall–Kier alpha value is -2.99. The summed E-state index contributed by atoms with van der Waals surface area (Å²) in [6.45, 7) is 0.419. The van der Waals surface area contributed by atoms with Crippen molar-refractivity contribution in [1.82, 2.24) is 20.3 Å². The summed E-state index contributed by atoms with van der Waals surface area (Å²) in [4.78, 5) is 23.0. The van der Waals surface area contributed by atoms with Crippen LogP contribution < -0.4 is 10.1 Å². The Labute approximate surface area is 154 Å². The Morgan fingerprint density at radius 3 is 2.88 bits per heavy atom. The minimum absolute atomic E-state index is 0.105. The Balaban J connectivity index is 1.41. The van der Waals surface area contributed by atoms with Gasteiger partial charge in [0.05, 0.1) is 31.1 Å². The maximum atomic E-state index is 12.2. The average molecular weight is 369 g/mol. The molecule has 4 aromatic rings. The molecule has 0 atom stereocenters. The second-order valence-electron chi connectivity index (χ2n) is 6.05. The maximum absolute atomic E-state index is 12.2. The highest BCUT2D eigenvalue weighted by Crippen LogP contribution is 2.21. The Kier molecular flexibility index (Phi) is 4.26. The Bertz CT molecular complexity index is 1100. The van der Waals surface area contributed by atoms with Crippen molar-refractivity contribution >= 4 is 39.4 Å². The van der Waals surface area contributed by atoms with E-state index in [-0.39, 0.29) is 12.3 Å². The van der Waals surface area contributed by atoms with Crippen molar-refractivity contribution in [3.05, 3.63) is 59.0 Å². The van der Waals surface area contributed by atoms with Crippen molar-refractivity contribution in [3.63, 3.8) is 0 Å². The molecule has 0 spiro atoms. The van der Waals surface area contributed by atoms with Gasteiger partial charge in [0, 0.05) is 21.6 Å². The van der Waals surface area contributed by atoms with Crippen molar-refractivity contribution in [2.45, 2.75) is 13.0 Å². The zero-order valence-electron chi connectivity index (χ0n) is 14.1. The van der Waals surface area contributed by atoms with Gasteiger partial charge in [0.1, 0.15) is 11.6 Å². The van der Waals surface area contributed by atoms with Crippen LogP contribution in [-0.4, -0.2) is 28.0 Å². The van der Waals surface area contributed by atoms with E-state index < -0.39 is 0 Å². The minimum atomic E-state index is -0.105. The van der Waals surface area contributed by atoms with Crippen LogP contribution in [0.5, 0.6) is 5.75 Å². The molecule has 0 saturated heterocycles. The van der Waals surface area contributed by atoms with Gasteiger partial charge in [0.25, 0.3) is 0 Å². The third-order valence-electron chi connectivity index (χ3n) is 4.18. The molecule has 6 nitrogen and oxygen atoms in total. The summed E-state index contributed by atoms with van der Waals surface area (Å²) >= 11 is 5.97. The highest BCUT2D eigenvalue weighted by Gasteiger charge is 2.09. The van der Waals surface area contributed by atoms with E-state index in [1.165, 1.54) is 0 Å². The molecular formula is C19H17ClN4O2. The van der Waals surface area contributed by atoms with Crippen LogP contribution >= 0.6 is 11.6 Å². The lowest BCUT2D eigenvalue weighted by atomic mass is 10.2. The zero-order chi connectivity index (χ0) is 18.1. The maximum Gasteiger partial charge on any atom is 0.227 e. The monoisotopic (exact) mass is 368 g/mol. The summed E-state index contributed by atoms with van der Waals surface area (Å²) in [6.07, 6.45) is 0.181. The summed E-state index contributed by atoms with van der Waals surface area (Å²) in [5.41, 5.74) is 3.55. The molecule has 2 aromatic heterocycles. The lowest BCUT2D eigenvalue weighted by Gasteiger charge is -2.02. The second kappa shape index (κ2) is 6.72. The van der Waals surface area contributed by atoms with Crippen molar-refractivity contribution in [1.29, 1.82) is 0 Å². The molecule has 132 valence electrons. The number of nitrogens with one attached hydrogen (secondary N) is 3. The van der Waals surface area contributed by atoms with Crippen LogP contribution in [0.1, 0.15) is 11.5 Å². The summed E-state index contributed by atoms with van der Waals surface area (Å²) in [5, 5.41) is 4.58. The number of rotatable bonds is 5. The van der Waals surface area contributed by atoms with Crippen molar-refractivity contribution in [2.75, 3.05) is 7.11 Å². The summed E-state index contributed by atoms with van der Waals surface area (Å²) in [5.74, 6) is 1.31. The van der Waals surface area contributed by atoms with E-state index in [0.717, 1.165) is 33.4 Å². The van der Waals surface area contributed by atoms with Gasteiger partial charge in [0.2, 0.25) is 5.91 Å². The quantitative estimate of drug-likeness (QED) is 0.503. The number of nitrogens with zero attached hydrogens (tertiary/aromatic N) is 1. The fourth-order valence-corrected chi connectivity index (χ4v) is 3.09. The van der Waals surface area contributed by atoms with E-state index in [1.54, 1.807) is 19.2 Å². The predicted octanol–water partition coefficient (Wildman–Crippen LogP) is 3.57. The number of halogens is 1. The molecule has 0 aliphatic carbocycles. The third kappa shape index (κ3) is 3.36. The van der Waals surface area contributed by atoms with Gasteiger partial charge in [0.15, 0.2) is 0 Å². The molecule has 2 heterocycles. The largest absolute Gasteiger partial charge is 0.497 e. The van der Waals surface area contributed by atoms with Crippen LogP contribution in [0.3, 0.4) is 0 Å². The molecule has 0 fully saturated rings. The first kappa shape index (κ1) is 16.5. The van der Waals surface area contributed by atoms with E-state index in [9.17, 15) is 4.79 Å². The van der Waals surface area contributed by atoms with Gasteiger partial charge in [-0.05, 0) is 42.5 Å². The third-order valence-corrected chi connectivity index (χ3v) is 4.42. The molecule has 2 aromatic carbocycles. The molecule has 3 N–H and O–H groups in total. The molecule has 0 aliphatic heterocycles. The number of fused-ring (bicyclic) bond motifs is 2. The smallest absolute Gasteiger partial charge is 0.227 e. The predicted molar refractivity (Wildman–Crippen MR) is 102 cm³/mol. The minimum Gasteiger partial charge on any atom is -0.497 e. The number of amides is 1. The molecule has 0 unspecified atom stereocenters. The lowest BCUT2D eigenvalue weighted by Crippen LogP contribution is -2.25. The van der Waals surface area contributed by atoms with Crippen LogP contribution in [0.4, 0.5) is 0 Å². The van der Waals surface area contributed by atoms with E-state index in [4.69, 9.17) is 16.3 Å². The molecular weight excluding hydrogens is 352 g/mol. The van der Waals surface area contributed by atoms with Gasteiger partial charge in [-0.2, -0.15) is 0 Å². The number of methoxy groups -OCH3 is 1. The topological polar surface area (TPSA) is 82.8 Å². The number of carbonyl (C=O) groups excluding carboxylic acids is 1. The van der Waals surface area contributed by atoms with Crippen LogP contribution in [-0.2, 0) is 17.8 Å². The van der Waals surface area contributed by atoms with Gasteiger partial charge in [-0.3, -0.25) is 4.79 Å². The molecule has 26 heavy (non-hydrogen) atoms. The number of ether oxygens (including phenoxy) is 1. The molecule has 0 saturated carbocycles. The van der Waals surface area contributed by atoms with Crippen LogP contribution in [0, 0.1) is 0 Å². The number of aromatic nitrogens is 3. The fourth-order valence-electron chi connectivity index (χ4n) is 2.92.